The number of methoxy groups -OCH3 is 1. The molecule has 5 nitrogen and oxygen atoms in total. The highest BCUT2D eigenvalue weighted by Crippen LogP contribution is 2.36. The molecule has 3 aromatic rings. The van der Waals surface area contributed by atoms with Crippen molar-refractivity contribution in [3.8, 4) is 17.2 Å². The van der Waals surface area contributed by atoms with Crippen LogP contribution in [0.15, 0.2) is 75.4 Å². The lowest BCUT2D eigenvalue weighted by Gasteiger charge is -2.07. The van der Waals surface area contributed by atoms with Crippen molar-refractivity contribution in [1.82, 2.24) is 0 Å². The van der Waals surface area contributed by atoms with Crippen molar-refractivity contribution in [1.29, 1.82) is 0 Å². The lowest BCUT2D eigenvalue weighted by atomic mass is 10.1. The average molecular weight is 544 g/mol. The molecular formula is C24H16Br2O5. The Morgan fingerprint density at radius 3 is 2.48 bits per heavy atom. The van der Waals surface area contributed by atoms with Gasteiger partial charge in [0.05, 0.1) is 12.7 Å². The van der Waals surface area contributed by atoms with Crippen LogP contribution in [0.4, 0.5) is 0 Å². The average Bonchev–Trinajstić information content (AvgIpc) is 3.07. The van der Waals surface area contributed by atoms with Gasteiger partial charge in [0.1, 0.15) is 17.2 Å². The summed E-state index contributed by atoms with van der Waals surface area (Å²) in [6.07, 6.45) is 1.64. The predicted molar refractivity (Wildman–Crippen MR) is 124 cm³/mol. The fourth-order valence-corrected chi connectivity index (χ4v) is 3.73. The van der Waals surface area contributed by atoms with E-state index in [1.807, 2.05) is 12.1 Å². The lowest BCUT2D eigenvalue weighted by molar-refractivity contribution is 0.0921. The first-order chi connectivity index (χ1) is 14.9. The number of ketones is 2. The molecule has 0 aliphatic carbocycles. The highest BCUT2D eigenvalue weighted by atomic mass is 79.9. The zero-order valence-corrected chi connectivity index (χ0v) is 19.5. The van der Waals surface area contributed by atoms with Gasteiger partial charge >= 0.3 is 0 Å². The van der Waals surface area contributed by atoms with Gasteiger partial charge in [-0.3, -0.25) is 9.59 Å². The minimum absolute atomic E-state index is 0.119. The first-order valence-electron chi connectivity index (χ1n) is 9.28. The number of fused-ring (bicyclic) bond motifs is 1. The molecule has 0 spiro atoms. The van der Waals surface area contributed by atoms with Crippen LogP contribution >= 0.6 is 31.9 Å². The van der Waals surface area contributed by atoms with Gasteiger partial charge < -0.3 is 14.2 Å². The van der Waals surface area contributed by atoms with Crippen LogP contribution in [-0.4, -0.2) is 25.3 Å². The van der Waals surface area contributed by atoms with E-state index in [4.69, 9.17) is 14.2 Å². The maximum Gasteiger partial charge on any atom is 0.231 e. The monoisotopic (exact) mass is 542 g/mol. The predicted octanol–water partition coefficient (Wildman–Crippen LogP) is 6.10. The molecule has 7 heteroatoms. The Morgan fingerprint density at radius 1 is 1.00 bits per heavy atom. The molecule has 0 amide bonds. The highest BCUT2D eigenvalue weighted by Gasteiger charge is 2.28. The number of hydrogen-bond donors (Lipinski definition) is 0. The van der Waals surface area contributed by atoms with Gasteiger partial charge in [0.25, 0.3) is 0 Å². The van der Waals surface area contributed by atoms with Crippen LogP contribution in [0.3, 0.4) is 0 Å². The Kier molecular flexibility index (Phi) is 6.25. The Morgan fingerprint density at radius 2 is 1.74 bits per heavy atom. The molecule has 0 saturated heterocycles. The number of rotatable bonds is 6. The maximum absolute atomic E-state index is 12.7. The fourth-order valence-electron chi connectivity index (χ4n) is 3.08. The first-order valence-corrected chi connectivity index (χ1v) is 10.9. The Bertz CT molecular complexity index is 1200. The van der Waals surface area contributed by atoms with Crippen LogP contribution in [0, 0.1) is 0 Å². The van der Waals surface area contributed by atoms with E-state index in [9.17, 15) is 9.59 Å². The molecule has 156 valence electrons. The molecule has 0 fully saturated rings. The standard InChI is InChI=1S/C24H16Br2O5/c1-29-21-9-6-17(26)10-15(21)11-23-24(28)19-8-7-18(12-22(19)31-23)30-13-20(27)14-2-4-16(25)5-3-14/h2-12H,13H2,1H3. The van der Waals surface area contributed by atoms with E-state index in [-0.39, 0.29) is 23.9 Å². The molecular weight excluding hydrogens is 528 g/mol. The van der Waals surface area contributed by atoms with Gasteiger partial charge in [-0.05, 0) is 48.5 Å². The molecule has 0 saturated carbocycles. The molecule has 3 aromatic carbocycles. The third-order valence-electron chi connectivity index (χ3n) is 4.66. The molecule has 1 aliphatic heterocycles. The second-order valence-electron chi connectivity index (χ2n) is 6.70. The normalized spacial score (nSPS) is 13.6. The van der Waals surface area contributed by atoms with Crippen LogP contribution in [-0.2, 0) is 0 Å². The lowest BCUT2D eigenvalue weighted by Crippen LogP contribution is -2.11. The summed E-state index contributed by atoms with van der Waals surface area (Å²) in [5, 5.41) is 0. The topological polar surface area (TPSA) is 61.8 Å². The number of carbonyl (C=O) groups excluding carboxylic acids is 2. The third kappa shape index (κ3) is 4.73. The summed E-state index contributed by atoms with van der Waals surface area (Å²) in [4.78, 5) is 25.0. The zero-order chi connectivity index (χ0) is 22.0. The molecule has 4 rings (SSSR count). The van der Waals surface area contributed by atoms with Crippen LogP contribution in [0.2, 0.25) is 0 Å². The van der Waals surface area contributed by atoms with Crippen molar-refractivity contribution in [3.63, 3.8) is 0 Å². The van der Waals surface area contributed by atoms with E-state index in [0.29, 0.717) is 33.9 Å². The first kappa shape index (κ1) is 21.3. The van der Waals surface area contributed by atoms with Crippen molar-refractivity contribution in [3.05, 3.63) is 92.1 Å². The summed E-state index contributed by atoms with van der Waals surface area (Å²) in [6, 6.07) is 17.5. The van der Waals surface area contributed by atoms with Crippen molar-refractivity contribution in [2.75, 3.05) is 13.7 Å². The third-order valence-corrected chi connectivity index (χ3v) is 5.68. The number of benzene rings is 3. The van der Waals surface area contributed by atoms with Crippen molar-refractivity contribution >= 4 is 49.5 Å². The van der Waals surface area contributed by atoms with E-state index in [1.165, 1.54) is 0 Å². The minimum atomic E-state index is -0.227. The summed E-state index contributed by atoms with van der Waals surface area (Å²) < 4.78 is 18.5. The summed E-state index contributed by atoms with van der Waals surface area (Å²) in [6.45, 7) is -0.119. The van der Waals surface area contributed by atoms with Gasteiger partial charge in [0, 0.05) is 26.1 Å². The van der Waals surface area contributed by atoms with Crippen LogP contribution in [0.25, 0.3) is 6.08 Å². The Labute approximate surface area is 195 Å². The summed E-state index contributed by atoms with van der Waals surface area (Å²) in [7, 11) is 1.57. The van der Waals surface area contributed by atoms with E-state index in [1.54, 1.807) is 61.7 Å². The summed E-state index contributed by atoms with van der Waals surface area (Å²) in [5.41, 5.74) is 1.71. The SMILES string of the molecule is COc1ccc(Br)cc1C=C1Oc2cc(OCC(=O)c3ccc(Br)cc3)ccc2C1=O. The minimum Gasteiger partial charge on any atom is -0.496 e. The number of hydrogen-bond acceptors (Lipinski definition) is 5. The summed E-state index contributed by atoms with van der Waals surface area (Å²) >= 11 is 6.76. The van der Waals surface area contributed by atoms with E-state index >= 15 is 0 Å². The van der Waals surface area contributed by atoms with E-state index in [2.05, 4.69) is 31.9 Å². The second-order valence-corrected chi connectivity index (χ2v) is 8.53. The van der Waals surface area contributed by atoms with E-state index < -0.39 is 0 Å². The molecule has 31 heavy (non-hydrogen) atoms. The molecule has 0 unspecified atom stereocenters. The molecule has 0 radical (unpaired) electrons. The van der Waals surface area contributed by atoms with Gasteiger partial charge in [-0.15, -0.1) is 0 Å². The van der Waals surface area contributed by atoms with Crippen molar-refractivity contribution in [2.45, 2.75) is 0 Å². The Hall–Kier alpha value is -2.90. The second kappa shape index (κ2) is 9.08. The van der Waals surface area contributed by atoms with Crippen LogP contribution in [0.5, 0.6) is 17.2 Å². The number of carbonyl (C=O) groups is 2. The van der Waals surface area contributed by atoms with Gasteiger partial charge in [-0.2, -0.15) is 0 Å². The number of ether oxygens (including phenoxy) is 3. The fraction of sp³-hybridized carbons (Fsp3) is 0.0833. The quantitative estimate of drug-likeness (QED) is 0.278. The molecule has 0 atom stereocenters. The number of Topliss-reactive ketones (excluding diaryl/α,β-unsaturated/α-hetero) is 2. The van der Waals surface area contributed by atoms with Crippen LogP contribution < -0.4 is 14.2 Å². The largest absolute Gasteiger partial charge is 0.496 e. The summed E-state index contributed by atoms with van der Waals surface area (Å²) in [5.74, 6) is 1.27. The number of halogens is 2. The molecule has 0 bridgehead atoms. The van der Waals surface area contributed by atoms with E-state index in [0.717, 1.165) is 8.95 Å². The van der Waals surface area contributed by atoms with Gasteiger partial charge in [-0.25, -0.2) is 0 Å². The molecule has 0 aromatic heterocycles. The van der Waals surface area contributed by atoms with Crippen molar-refractivity contribution in [2.24, 2.45) is 0 Å². The number of allylic oxidation sites excluding steroid dienone is 1. The molecule has 0 N–H and O–H groups in total. The Balaban J connectivity index is 1.50. The van der Waals surface area contributed by atoms with Gasteiger partial charge in [0.15, 0.2) is 18.1 Å². The smallest absolute Gasteiger partial charge is 0.231 e. The van der Waals surface area contributed by atoms with Gasteiger partial charge in [-0.1, -0.05) is 44.0 Å². The zero-order valence-electron chi connectivity index (χ0n) is 16.4. The molecule has 1 aliphatic rings. The van der Waals surface area contributed by atoms with Crippen molar-refractivity contribution < 1.29 is 23.8 Å². The highest BCUT2D eigenvalue weighted by molar-refractivity contribution is 9.10. The molecule has 1 heterocycles. The maximum atomic E-state index is 12.7. The van der Waals surface area contributed by atoms with Gasteiger partial charge in [0.2, 0.25) is 5.78 Å². The van der Waals surface area contributed by atoms with Crippen LogP contribution in [0.1, 0.15) is 26.3 Å².